The number of aryl methyl sites for hydroxylation is 1. The third-order valence-corrected chi connectivity index (χ3v) is 5.56. The Balaban J connectivity index is 1.42. The van der Waals surface area contributed by atoms with Gasteiger partial charge in [0.2, 0.25) is 0 Å². The summed E-state index contributed by atoms with van der Waals surface area (Å²) in [4.78, 5) is 16.6. The Bertz CT molecular complexity index is 675. The predicted molar refractivity (Wildman–Crippen MR) is 101 cm³/mol. The van der Waals surface area contributed by atoms with Gasteiger partial charge in [0.05, 0.1) is 10.7 Å². The maximum absolute atomic E-state index is 12.2. The Kier molecular flexibility index (Phi) is 6.45. The molecule has 0 spiro atoms. The lowest BCUT2D eigenvalue weighted by atomic mass is 9.87. The van der Waals surface area contributed by atoms with E-state index in [1.807, 2.05) is 36.6 Å². The zero-order valence-electron chi connectivity index (χ0n) is 14.8. The van der Waals surface area contributed by atoms with Crippen LogP contribution in [0.5, 0.6) is 5.75 Å². The van der Waals surface area contributed by atoms with Crippen LogP contribution in [0.15, 0.2) is 29.6 Å². The summed E-state index contributed by atoms with van der Waals surface area (Å²) in [7, 11) is 0. The topological polar surface area (TPSA) is 51.2 Å². The highest BCUT2D eigenvalue weighted by Gasteiger charge is 2.13. The highest BCUT2D eigenvalue weighted by Crippen LogP contribution is 2.25. The lowest BCUT2D eigenvalue weighted by Crippen LogP contribution is -2.26. The van der Waals surface area contributed by atoms with Crippen molar-refractivity contribution in [2.24, 2.45) is 5.92 Å². The minimum Gasteiger partial charge on any atom is -0.487 e. The van der Waals surface area contributed by atoms with Crippen LogP contribution in [-0.2, 0) is 6.61 Å². The van der Waals surface area contributed by atoms with Crippen LogP contribution < -0.4 is 10.1 Å². The van der Waals surface area contributed by atoms with E-state index in [1.54, 1.807) is 11.3 Å². The fourth-order valence-electron chi connectivity index (χ4n) is 3.30. The van der Waals surface area contributed by atoms with Gasteiger partial charge in [-0.2, -0.15) is 0 Å². The Hall–Kier alpha value is -1.88. The van der Waals surface area contributed by atoms with Crippen LogP contribution in [-0.4, -0.2) is 17.4 Å². The Morgan fingerprint density at radius 1 is 1.24 bits per heavy atom. The van der Waals surface area contributed by atoms with Crippen molar-refractivity contribution in [2.45, 2.75) is 52.1 Å². The van der Waals surface area contributed by atoms with E-state index in [0.717, 1.165) is 35.3 Å². The molecule has 2 aromatic rings. The molecule has 1 N–H and O–H groups in total. The predicted octanol–water partition coefficient (Wildman–Crippen LogP) is 4.73. The fourth-order valence-corrected chi connectivity index (χ4v) is 3.90. The number of benzene rings is 1. The van der Waals surface area contributed by atoms with Gasteiger partial charge >= 0.3 is 0 Å². The summed E-state index contributed by atoms with van der Waals surface area (Å²) in [6.45, 7) is 3.21. The Morgan fingerprint density at radius 2 is 2.00 bits per heavy atom. The molecule has 0 saturated heterocycles. The number of carbonyl (C=O) groups excluding carboxylic acids is 1. The second kappa shape index (κ2) is 8.99. The van der Waals surface area contributed by atoms with Gasteiger partial charge < -0.3 is 10.1 Å². The number of hydrogen-bond donors (Lipinski definition) is 1. The third-order valence-electron chi connectivity index (χ3n) is 4.73. The Morgan fingerprint density at radius 3 is 2.68 bits per heavy atom. The van der Waals surface area contributed by atoms with E-state index in [-0.39, 0.29) is 5.91 Å². The number of ether oxygens (including phenoxy) is 1. The molecule has 134 valence electrons. The van der Waals surface area contributed by atoms with Gasteiger partial charge in [0, 0.05) is 17.5 Å². The number of amides is 1. The fraction of sp³-hybridized carbons (Fsp3) is 0.500. The zero-order chi connectivity index (χ0) is 17.5. The minimum atomic E-state index is -0.00233. The maximum Gasteiger partial charge on any atom is 0.251 e. The largest absolute Gasteiger partial charge is 0.487 e. The van der Waals surface area contributed by atoms with Gasteiger partial charge in [-0.15, -0.1) is 11.3 Å². The van der Waals surface area contributed by atoms with Gasteiger partial charge in [0.25, 0.3) is 5.91 Å². The number of rotatable bonds is 7. The van der Waals surface area contributed by atoms with E-state index in [1.165, 1.54) is 32.1 Å². The molecule has 1 amide bonds. The molecule has 25 heavy (non-hydrogen) atoms. The van der Waals surface area contributed by atoms with E-state index >= 15 is 0 Å². The monoisotopic (exact) mass is 358 g/mol. The maximum atomic E-state index is 12.2. The molecule has 0 aliphatic heterocycles. The van der Waals surface area contributed by atoms with Gasteiger partial charge in [-0.1, -0.05) is 32.1 Å². The van der Waals surface area contributed by atoms with Crippen molar-refractivity contribution in [1.82, 2.24) is 10.3 Å². The first-order chi connectivity index (χ1) is 12.2. The van der Waals surface area contributed by atoms with Gasteiger partial charge in [0.1, 0.15) is 12.4 Å². The first-order valence-corrected chi connectivity index (χ1v) is 10.0. The average Bonchev–Trinajstić information content (AvgIpc) is 3.06. The number of thiazole rings is 1. The highest BCUT2D eigenvalue weighted by atomic mass is 32.1. The minimum absolute atomic E-state index is 0.00233. The molecule has 0 radical (unpaired) electrons. The van der Waals surface area contributed by atoms with Gasteiger partial charge in [-0.05, 0) is 43.5 Å². The molecular formula is C20H26N2O2S. The van der Waals surface area contributed by atoms with Crippen LogP contribution in [0.4, 0.5) is 0 Å². The van der Waals surface area contributed by atoms with Crippen LogP contribution in [0.3, 0.4) is 0 Å². The van der Waals surface area contributed by atoms with Gasteiger partial charge in [-0.3, -0.25) is 4.79 Å². The number of nitrogens with one attached hydrogen (secondary N) is 1. The van der Waals surface area contributed by atoms with Crippen molar-refractivity contribution < 1.29 is 9.53 Å². The van der Waals surface area contributed by atoms with Gasteiger partial charge in [-0.25, -0.2) is 4.98 Å². The summed E-state index contributed by atoms with van der Waals surface area (Å²) in [6.07, 6.45) is 7.81. The van der Waals surface area contributed by atoms with E-state index < -0.39 is 0 Å². The second-order valence-electron chi connectivity index (χ2n) is 6.72. The van der Waals surface area contributed by atoms with E-state index in [0.29, 0.717) is 12.2 Å². The molecule has 0 unspecified atom stereocenters. The van der Waals surface area contributed by atoms with Crippen molar-refractivity contribution in [2.75, 3.05) is 6.54 Å². The third kappa shape index (κ3) is 5.56. The van der Waals surface area contributed by atoms with Crippen LogP contribution in [0.25, 0.3) is 0 Å². The second-order valence-corrected chi connectivity index (χ2v) is 7.78. The molecule has 1 aromatic heterocycles. The number of hydrogen-bond acceptors (Lipinski definition) is 4. The van der Waals surface area contributed by atoms with Crippen molar-refractivity contribution in [3.05, 3.63) is 45.9 Å². The van der Waals surface area contributed by atoms with E-state index in [4.69, 9.17) is 4.74 Å². The molecule has 4 nitrogen and oxygen atoms in total. The molecule has 3 rings (SSSR count). The SMILES string of the molecule is Cc1nc(COc2ccc(C(=O)NCCC3CCCCC3)cc2)cs1. The van der Waals surface area contributed by atoms with Crippen molar-refractivity contribution >= 4 is 17.2 Å². The van der Waals surface area contributed by atoms with E-state index in [2.05, 4.69) is 10.3 Å². The number of carbonyl (C=O) groups is 1. The molecule has 5 heteroatoms. The quantitative estimate of drug-likeness (QED) is 0.778. The standard InChI is InChI=1S/C20H26N2O2S/c1-15-22-18(14-25-15)13-24-19-9-7-17(8-10-19)20(23)21-12-11-16-5-3-2-4-6-16/h7-10,14,16H,2-6,11-13H2,1H3,(H,21,23). The summed E-state index contributed by atoms with van der Waals surface area (Å²) in [5.41, 5.74) is 1.62. The van der Waals surface area contributed by atoms with Crippen molar-refractivity contribution in [1.29, 1.82) is 0 Å². The Labute approximate surface area is 153 Å². The molecule has 1 aliphatic carbocycles. The first-order valence-electron chi connectivity index (χ1n) is 9.13. The normalized spacial score (nSPS) is 15.1. The summed E-state index contributed by atoms with van der Waals surface area (Å²) in [6, 6.07) is 7.32. The molecular weight excluding hydrogens is 332 g/mol. The molecule has 1 heterocycles. The number of aromatic nitrogens is 1. The van der Waals surface area contributed by atoms with Crippen LogP contribution >= 0.6 is 11.3 Å². The number of nitrogens with zero attached hydrogens (tertiary/aromatic N) is 1. The summed E-state index contributed by atoms with van der Waals surface area (Å²) >= 11 is 1.62. The zero-order valence-corrected chi connectivity index (χ0v) is 15.6. The lowest BCUT2D eigenvalue weighted by molar-refractivity contribution is 0.0950. The van der Waals surface area contributed by atoms with Crippen molar-refractivity contribution in [3.63, 3.8) is 0 Å². The molecule has 0 bridgehead atoms. The van der Waals surface area contributed by atoms with Crippen LogP contribution in [0, 0.1) is 12.8 Å². The van der Waals surface area contributed by atoms with Crippen molar-refractivity contribution in [3.8, 4) is 5.75 Å². The lowest BCUT2D eigenvalue weighted by Gasteiger charge is -2.21. The molecule has 1 aliphatic rings. The molecule has 1 saturated carbocycles. The van der Waals surface area contributed by atoms with Gasteiger partial charge in [0.15, 0.2) is 0 Å². The summed E-state index contributed by atoms with van der Waals surface area (Å²) in [5.74, 6) is 1.54. The van der Waals surface area contributed by atoms with E-state index in [9.17, 15) is 4.79 Å². The van der Waals surface area contributed by atoms with Crippen LogP contribution in [0.1, 0.15) is 59.6 Å². The average molecular weight is 359 g/mol. The molecule has 1 fully saturated rings. The highest BCUT2D eigenvalue weighted by molar-refractivity contribution is 7.09. The summed E-state index contributed by atoms with van der Waals surface area (Å²) < 4.78 is 5.71. The first kappa shape index (κ1) is 17.9. The van der Waals surface area contributed by atoms with Crippen LogP contribution in [0.2, 0.25) is 0 Å². The summed E-state index contributed by atoms with van der Waals surface area (Å²) in [5, 5.41) is 6.08. The molecule has 1 aromatic carbocycles. The smallest absolute Gasteiger partial charge is 0.251 e. The molecule has 0 atom stereocenters.